The molecule has 1 heterocycles. The molecule has 0 saturated carbocycles. The number of methoxy groups -OCH3 is 1. The van der Waals surface area contributed by atoms with Crippen LogP contribution in [0.3, 0.4) is 0 Å². The number of nitrogens with one attached hydrogen (secondary N) is 3. The van der Waals surface area contributed by atoms with Crippen molar-refractivity contribution in [3.8, 4) is 5.75 Å². The standard InChI is InChI=1S/C18H27N3O4.ClH/c1-3-20-16(22)12-25-15-6-4-14(5-7-15)21-17(23)18(13-24-2)8-10-19-11-9-18;/h4-7,19H,3,8-13H2,1-2H3,(H,20,22)(H,21,23);1H. The quantitative estimate of drug-likeness (QED) is 0.632. The van der Waals surface area contributed by atoms with Crippen LogP contribution in [0.5, 0.6) is 5.75 Å². The van der Waals surface area contributed by atoms with E-state index in [2.05, 4.69) is 16.0 Å². The van der Waals surface area contributed by atoms with Crippen molar-refractivity contribution in [1.29, 1.82) is 0 Å². The van der Waals surface area contributed by atoms with Crippen LogP contribution in [0, 0.1) is 5.41 Å². The highest BCUT2D eigenvalue weighted by Crippen LogP contribution is 2.31. The molecule has 0 unspecified atom stereocenters. The summed E-state index contributed by atoms with van der Waals surface area (Å²) in [5, 5.41) is 8.91. The molecule has 26 heavy (non-hydrogen) atoms. The molecule has 8 heteroatoms. The van der Waals surface area contributed by atoms with Gasteiger partial charge in [0, 0.05) is 19.3 Å². The van der Waals surface area contributed by atoms with Gasteiger partial charge < -0.3 is 25.4 Å². The second kappa shape index (κ2) is 11.0. The molecule has 1 saturated heterocycles. The smallest absolute Gasteiger partial charge is 0.257 e. The van der Waals surface area contributed by atoms with Crippen LogP contribution in [-0.2, 0) is 14.3 Å². The number of rotatable bonds is 8. The number of benzene rings is 1. The molecule has 0 atom stereocenters. The van der Waals surface area contributed by atoms with E-state index >= 15 is 0 Å². The third kappa shape index (κ3) is 6.16. The maximum absolute atomic E-state index is 12.7. The molecule has 1 aromatic carbocycles. The maximum atomic E-state index is 12.7. The van der Waals surface area contributed by atoms with Crippen LogP contribution >= 0.6 is 12.4 Å². The van der Waals surface area contributed by atoms with Crippen molar-refractivity contribution in [2.45, 2.75) is 19.8 Å². The second-order valence-corrected chi connectivity index (χ2v) is 6.18. The van der Waals surface area contributed by atoms with E-state index in [4.69, 9.17) is 9.47 Å². The topological polar surface area (TPSA) is 88.7 Å². The predicted molar refractivity (Wildman–Crippen MR) is 103 cm³/mol. The molecule has 7 nitrogen and oxygen atoms in total. The lowest BCUT2D eigenvalue weighted by atomic mass is 9.78. The van der Waals surface area contributed by atoms with E-state index in [1.807, 2.05) is 6.92 Å². The number of carbonyl (C=O) groups is 2. The third-order valence-corrected chi connectivity index (χ3v) is 4.32. The van der Waals surface area contributed by atoms with Gasteiger partial charge in [0.25, 0.3) is 5.91 Å². The van der Waals surface area contributed by atoms with E-state index in [-0.39, 0.29) is 30.8 Å². The second-order valence-electron chi connectivity index (χ2n) is 6.18. The fourth-order valence-corrected chi connectivity index (χ4v) is 2.91. The average molecular weight is 386 g/mol. The first-order valence-corrected chi connectivity index (χ1v) is 8.60. The van der Waals surface area contributed by atoms with Crippen LogP contribution < -0.4 is 20.7 Å². The van der Waals surface area contributed by atoms with E-state index in [0.29, 0.717) is 24.6 Å². The summed E-state index contributed by atoms with van der Waals surface area (Å²) in [6, 6.07) is 7.01. The summed E-state index contributed by atoms with van der Waals surface area (Å²) >= 11 is 0. The van der Waals surface area contributed by atoms with Gasteiger partial charge >= 0.3 is 0 Å². The molecule has 146 valence electrons. The van der Waals surface area contributed by atoms with Gasteiger partial charge in [-0.25, -0.2) is 0 Å². The van der Waals surface area contributed by atoms with Crippen LogP contribution in [0.2, 0.25) is 0 Å². The summed E-state index contributed by atoms with van der Waals surface area (Å²) in [5.74, 6) is 0.400. The number of carbonyl (C=O) groups excluding carboxylic acids is 2. The fraction of sp³-hybridized carbons (Fsp3) is 0.556. The number of anilines is 1. The monoisotopic (exact) mass is 385 g/mol. The molecule has 0 radical (unpaired) electrons. The van der Waals surface area contributed by atoms with Gasteiger partial charge in [0.2, 0.25) is 5.91 Å². The molecule has 1 aliphatic heterocycles. The molecular weight excluding hydrogens is 358 g/mol. The molecule has 0 bridgehead atoms. The van der Waals surface area contributed by atoms with Crippen LogP contribution in [-0.4, -0.2) is 51.8 Å². The van der Waals surface area contributed by atoms with Gasteiger partial charge in [-0.2, -0.15) is 0 Å². The number of amides is 2. The van der Waals surface area contributed by atoms with E-state index < -0.39 is 5.41 Å². The number of likely N-dealkylation sites (N-methyl/N-ethyl adjacent to an activating group) is 1. The zero-order chi connectivity index (χ0) is 18.1. The third-order valence-electron chi connectivity index (χ3n) is 4.32. The van der Waals surface area contributed by atoms with E-state index in [0.717, 1.165) is 25.9 Å². The number of ether oxygens (including phenoxy) is 2. The van der Waals surface area contributed by atoms with E-state index in [1.54, 1.807) is 31.4 Å². The Morgan fingerprint density at radius 2 is 1.85 bits per heavy atom. The first kappa shape index (κ1) is 22.2. The highest BCUT2D eigenvalue weighted by Gasteiger charge is 2.39. The van der Waals surface area contributed by atoms with Crippen molar-refractivity contribution >= 4 is 29.9 Å². The Kier molecular flexibility index (Phi) is 9.40. The first-order chi connectivity index (χ1) is 12.1. The normalized spacial score (nSPS) is 15.5. The lowest BCUT2D eigenvalue weighted by molar-refractivity contribution is -0.130. The van der Waals surface area contributed by atoms with Crippen LogP contribution in [0.4, 0.5) is 5.69 Å². The van der Waals surface area contributed by atoms with Gasteiger partial charge in [-0.15, -0.1) is 12.4 Å². The highest BCUT2D eigenvalue weighted by molar-refractivity contribution is 5.95. The SMILES string of the molecule is CCNC(=O)COc1ccc(NC(=O)C2(COC)CCNCC2)cc1.Cl. The van der Waals surface area contributed by atoms with Gasteiger partial charge in [0.1, 0.15) is 5.75 Å². The first-order valence-electron chi connectivity index (χ1n) is 8.60. The number of hydrogen-bond acceptors (Lipinski definition) is 5. The lowest BCUT2D eigenvalue weighted by Gasteiger charge is -2.35. The molecule has 0 aliphatic carbocycles. The molecule has 1 aromatic rings. The zero-order valence-electron chi connectivity index (χ0n) is 15.3. The lowest BCUT2D eigenvalue weighted by Crippen LogP contribution is -2.47. The van der Waals surface area contributed by atoms with Crippen LogP contribution in [0.15, 0.2) is 24.3 Å². The Morgan fingerprint density at radius 3 is 2.42 bits per heavy atom. The van der Waals surface area contributed by atoms with Crippen molar-refractivity contribution in [2.24, 2.45) is 5.41 Å². The van der Waals surface area contributed by atoms with Crippen molar-refractivity contribution in [2.75, 3.05) is 45.3 Å². The van der Waals surface area contributed by atoms with Crippen LogP contribution in [0.1, 0.15) is 19.8 Å². The highest BCUT2D eigenvalue weighted by atomic mass is 35.5. The molecule has 2 rings (SSSR count). The number of piperidine rings is 1. The van der Waals surface area contributed by atoms with Crippen molar-refractivity contribution in [1.82, 2.24) is 10.6 Å². The Balaban J connectivity index is 0.00000338. The predicted octanol–water partition coefficient (Wildman–Crippen LogP) is 1.58. The summed E-state index contributed by atoms with van der Waals surface area (Å²) in [7, 11) is 1.62. The van der Waals surface area contributed by atoms with Crippen molar-refractivity contribution < 1.29 is 19.1 Å². The Labute approximate surface area is 160 Å². The number of hydrogen-bond donors (Lipinski definition) is 3. The molecule has 2 amide bonds. The Morgan fingerprint density at radius 1 is 1.19 bits per heavy atom. The van der Waals surface area contributed by atoms with Crippen LogP contribution in [0.25, 0.3) is 0 Å². The Bertz CT molecular complexity index is 569. The van der Waals surface area contributed by atoms with Gasteiger partial charge in [-0.1, -0.05) is 0 Å². The Hall–Kier alpha value is -1.83. The molecule has 0 spiro atoms. The summed E-state index contributed by atoms with van der Waals surface area (Å²) in [4.78, 5) is 24.1. The van der Waals surface area contributed by atoms with E-state index in [1.165, 1.54) is 0 Å². The molecule has 0 aromatic heterocycles. The summed E-state index contributed by atoms with van der Waals surface area (Å²) < 4.78 is 10.7. The summed E-state index contributed by atoms with van der Waals surface area (Å²) in [6.45, 7) is 4.44. The van der Waals surface area contributed by atoms with Gasteiger partial charge in [0.15, 0.2) is 6.61 Å². The minimum Gasteiger partial charge on any atom is -0.484 e. The van der Waals surface area contributed by atoms with Crippen molar-refractivity contribution in [3.63, 3.8) is 0 Å². The average Bonchev–Trinajstić information content (AvgIpc) is 2.62. The minimum atomic E-state index is -0.493. The fourth-order valence-electron chi connectivity index (χ4n) is 2.91. The summed E-state index contributed by atoms with van der Waals surface area (Å²) in [6.07, 6.45) is 1.50. The molecule has 1 fully saturated rings. The van der Waals surface area contributed by atoms with Gasteiger partial charge in [-0.05, 0) is 57.1 Å². The number of halogens is 1. The molecule has 1 aliphatic rings. The zero-order valence-corrected chi connectivity index (χ0v) is 16.1. The van der Waals surface area contributed by atoms with Gasteiger partial charge in [-0.3, -0.25) is 9.59 Å². The summed E-state index contributed by atoms with van der Waals surface area (Å²) in [5.41, 5.74) is 0.206. The maximum Gasteiger partial charge on any atom is 0.257 e. The van der Waals surface area contributed by atoms with Gasteiger partial charge in [0.05, 0.1) is 12.0 Å². The largest absolute Gasteiger partial charge is 0.484 e. The van der Waals surface area contributed by atoms with E-state index in [9.17, 15) is 9.59 Å². The molecule has 3 N–H and O–H groups in total. The molecular formula is C18H28ClN3O4. The minimum absolute atomic E-state index is 0. The van der Waals surface area contributed by atoms with Crippen molar-refractivity contribution in [3.05, 3.63) is 24.3 Å².